The van der Waals surface area contributed by atoms with Crippen molar-refractivity contribution in [3.8, 4) is 0 Å². The molecule has 2 heterocycles. The minimum atomic E-state index is 0. The fraction of sp³-hybridized carbons (Fsp3) is 0.412. The highest BCUT2D eigenvalue weighted by Gasteiger charge is 2.43. The Morgan fingerprint density at radius 1 is 1.26 bits per heavy atom. The smallest absolute Gasteiger partial charge is 0.147 e. The van der Waals surface area contributed by atoms with E-state index in [9.17, 15) is 4.79 Å². The van der Waals surface area contributed by atoms with Crippen LogP contribution < -0.4 is 5.32 Å². The predicted molar refractivity (Wildman–Crippen MR) is 95.8 cm³/mol. The third-order valence-electron chi connectivity index (χ3n) is 4.91. The summed E-state index contributed by atoms with van der Waals surface area (Å²) in [4.78, 5) is 17.2. The van der Waals surface area contributed by atoms with Gasteiger partial charge in [-0.3, -0.25) is 4.79 Å². The number of Topliss-reactive ketones (excluding diaryl/α,β-unsaturated/α-hetero) is 1. The number of imidazole rings is 1. The molecule has 1 aromatic carbocycles. The van der Waals surface area contributed by atoms with Gasteiger partial charge in [-0.25, -0.2) is 4.98 Å². The molecule has 124 valence electrons. The van der Waals surface area contributed by atoms with Gasteiger partial charge in [0.05, 0.1) is 5.92 Å². The zero-order valence-corrected chi connectivity index (χ0v) is 14.6. The maximum absolute atomic E-state index is 12.9. The highest BCUT2D eigenvalue weighted by atomic mass is 35.5. The summed E-state index contributed by atoms with van der Waals surface area (Å²) in [6, 6.07) is 8.51. The van der Waals surface area contributed by atoms with Gasteiger partial charge in [0.25, 0.3) is 0 Å². The lowest BCUT2D eigenvalue weighted by Gasteiger charge is -2.31. The minimum Gasteiger partial charge on any atom is -0.381 e. The van der Waals surface area contributed by atoms with Crippen LogP contribution in [-0.4, -0.2) is 21.4 Å². The molecule has 0 bridgehead atoms. The van der Waals surface area contributed by atoms with Gasteiger partial charge in [-0.1, -0.05) is 18.2 Å². The lowest BCUT2D eigenvalue weighted by atomic mass is 9.75. The van der Waals surface area contributed by atoms with Crippen molar-refractivity contribution in [3.63, 3.8) is 0 Å². The molecule has 1 fully saturated rings. The summed E-state index contributed by atoms with van der Waals surface area (Å²) >= 11 is 0. The highest BCUT2D eigenvalue weighted by molar-refractivity contribution is 5.93. The van der Waals surface area contributed by atoms with E-state index in [1.165, 1.54) is 5.56 Å². The van der Waals surface area contributed by atoms with Crippen molar-refractivity contribution in [2.75, 3.05) is 5.32 Å². The number of fused-ring (bicyclic) bond motifs is 3. The molecular formula is C17H21Cl2N3O. The monoisotopic (exact) mass is 353 g/mol. The molecule has 1 aliphatic carbocycles. The number of para-hydroxylation sites is 1. The summed E-state index contributed by atoms with van der Waals surface area (Å²) in [5.74, 6) is 1.50. The summed E-state index contributed by atoms with van der Waals surface area (Å²) in [5.41, 5.74) is 2.32. The number of aryl methyl sites for hydroxylation is 1. The summed E-state index contributed by atoms with van der Waals surface area (Å²) in [6.45, 7) is 2.75. The van der Waals surface area contributed by atoms with Crippen molar-refractivity contribution >= 4 is 36.3 Å². The molecule has 1 aliphatic heterocycles. The minimum absolute atomic E-state index is 0. The first-order chi connectivity index (χ1) is 10.2. The highest BCUT2D eigenvalue weighted by Crippen LogP contribution is 2.43. The first-order valence-corrected chi connectivity index (χ1v) is 7.61. The molecule has 0 amide bonds. The van der Waals surface area contributed by atoms with Gasteiger partial charge in [0.15, 0.2) is 0 Å². The molecule has 1 N–H and O–H groups in total. The van der Waals surface area contributed by atoms with Crippen molar-refractivity contribution in [2.45, 2.75) is 38.3 Å². The van der Waals surface area contributed by atoms with Crippen LogP contribution in [0.2, 0.25) is 0 Å². The largest absolute Gasteiger partial charge is 0.381 e. The second kappa shape index (κ2) is 6.93. The first kappa shape index (κ1) is 17.8. The van der Waals surface area contributed by atoms with Crippen LogP contribution in [0.3, 0.4) is 0 Å². The fourth-order valence-electron chi connectivity index (χ4n) is 3.78. The number of benzene rings is 1. The predicted octanol–water partition coefficient (Wildman–Crippen LogP) is 3.59. The summed E-state index contributed by atoms with van der Waals surface area (Å²) in [6.07, 6.45) is 5.79. The number of hydrogen-bond acceptors (Lipinski definition) is 3. The Morgan fingerprint density at radius 3 is 2.78 bits per heavy atom. The van der Waals surface area contributed by atoms with E-state index >= 15 is 0 Å². The molecule has 0 radical (unpaired) electrons. The van der Waals surface area contributed by atoms with Gasteiger partial charge in [-0.15, -0.1) is 24.8 Å². The number of rotatable bonds is 2. The molecule has 3 atom stereocenters. The van der Waals surface area contributed by atoms with E-state index in [0.717, 1.165) is 30.9 Å². The van der Waals surface area contributed by atoms with Crippen molar-refractivity contribution < 1.29 is 4.79 Å². The second-order valence-corrected chi connectivity index (χ2v) is 6.12. The van der Waals surface area contributed by atoms with Crippen LogP contribution in [-0.2, 0) is 11.3 Å². The summed E-state index contributed by atoms with van der Waals surface area (Å²) in [7, 11) is 0. The Bertz CT molecular complexity index is 701. The third kappa shape index (κ3) is 2.98. The summed E-state index contributed by atoms with van der Waals surface area (Å²) < 4.78 is 2.09. The van der Waals surface area contributed by atoms with E-state index < -0.39 is 0 Å². The molecule has 3 unspecified atom stereocenters. The first-order valence-electron chi connectivity index (χ1n) is 7.61. The van der Waals surface area contributed by atoms with E-state index in [4.69, 9.17) is 0 Å². The number of nitrogens with one attached hydrogen (secondary N) is 1. The van der Waals surface area contributed by atoms with Crippen LogP contribution in [0, 0.1) is 12.8 Å². The molecule has 2 aromatic rings. The van der Waals surface area contributed by atoms with Crippen LogP contribution in [0.15, 0.2) is 36.7 Å². The quantitative estimate of drug-likeness (QED) is 0.897. The number of nitrogens with zero attached hydrogens (tertiary/aromatic N) is 2. The number of aromatic nitrogens is 2. The standard InChI is InChI=1S/C17H19N3O.2ClH/c1-11-18-8-9-20(11)10-12-6-7-15-16(17(12)21)13-4-2-3-5-14(13)19-15;;/h2-5,8-9,12,15-16,19H,6-7,10H2,1H3;2*1H. The average Bonchev–Trinajstić information content (AvgIpc) is 3.06. The molecule has 1 aromatic heterocycles. The van der Waals surface area contributed by atoms with Crippen molar-refractivity contribution in [1.82, 2.24) is 9.55 Å². The molecule has 4 nitrogen and oxygen atoms in total. The van der Waals surface area contributed by atoms with Crippen molar-refractivity contribution in [3.05, 3.63) is 48.0 Å². The Labute approximate surface area is 148 Å². The molecule has 23 heavy (non-hydrogen) atoms. The molecule has 2 aliphatic rings. The van der Waals surface area contributed by atoms with E-state index in [-0.39, 0.29) is 42.7 Å². The molecule has 6 heteroatoms. The van der Waals surface area contributed by atoms with Crippen LogP contribution in [0.5, 0.6) is 0 Å². The second-order valence-electron chi connectivity index (χ2n) is 6.12. The fourth-order valence-corrected chi connectivity index (χ4v) is 3.78. The lowest BCUT2D eigenvalue weighted by Crippen LogP contribution is -2.38. The molecule has 0 spiro atoms. The van der Waals surface area contributed by atoms with Crippen LogP contribution in [0.1, 0.15) is 30.1 Å². The zero-order chi connectivity index (χ0) is 14.4. The number of hydrogen-bond donors (Lipinski definition) is 1. The maximum atomic E-state index is 12.9. The molecule has 0 saturated heterocycles. The molecule has 4 rings (SSSR count). The molecular weight excluding hydrogens is 333 g/mol. The van der Waals surface area contributed by atoms with Gasteiger partial charge in [0, 0.05) is 36.6 Å². The Hall–Kier alpha value is -1.52. The average molecular weight is 354 g/mol. The normalized spacial score (nSPS) is 24.7. The van der Waals surface area contributed by atoms with Crippen molar-refractivity contribution in [2.24, 2.45) is 5.92 Å². The topological polar surface area (TPSA) is 46.9 Å². The number of carbonyl (C=O) groups is 1. The van der Waals surface area contributed by atoms with Gasteiger partial charge < -0.3 is 9.88 Å². The Kier molecular flexibility index (Phi) is 5.37. The SMILES string of the molecule is Cc1nccn1CC1CCC2Nc3ccccc3C2C1=O.Cl.Cl. The Balaban J connectivity index is 0.000000960. The van der Waals surface area contributed by atoms with Crippen LogP contribution >= 0.6 is 24.8 Å². The van der Waals surface area contributed by atoms with Gasteiger partial charge in [0.1, 0.15) is 11.6 Å². The van der Waals surface area contributed by atoms with E-state index in [1.807, 2.05) is 25.3 Å². The summed E-state index contributed by atoms with van der Waals surface area (Å²) in [5, 5.41) is 3.52. The van der Waals surface area contributed by atoms with Gasteiger partial charge >= 0.3 is 0 Å². The molecule has 1 saturated carbocycles. The van der Waals surface area contributed by atoms with Crippen LogP contribution in [0.4, 0.5) is 5.69 Å². The van der Waals surface area contributed by atoms with E-state index in [2.05, 4.69) is 27.0 Å². The Morgan fingerprint density at radius 2 is 2.04 bits per heavy atom. The number of ketones is 1. The van der Waals surface area contributed by atoms with E-state index in [0.29, 0.717) is 5.78 Å². The van der Waals surface area contributed by atoms with Crippen molar-refractivity contribution in [1.29, 1.82) is 0 Å². The zero-order valence-electron chi connectivity index (χ0n) is 12.9. The van der Waals surface area contributed by atoms with Gasteiger partial charge in [0.2, 0.25) is 0 Å². The number of carbonyl (C=O) groups excluding carboxylic acids is 1. The van der Waals surface area contributed by atoms with Gasteiger partial charge in [-0.2, -0.15) is 0 Å². The maximum Gasteiger partial charge on any atom is 0.147 e. The number of halogens is 2. The lowest BCUT2D eigenvalue weighted by molar-refractivity contribution is -0.126. The third-order valence-corrected chi connectivity index (χ3v) is 4.91. The van der Waals surface area contributed by atoms with Crippen LogP contribution in [0.25, 0.3) is 0 Å². The van der Waals surface area contributed by atoms with Gasteiger partial charge in [-0.05, 0) is 31.4 Å². The van der Waals surface area contributed by atoms with E-state index in [1.54, 1.807) is 6.20 Å². The number of anilines is 1.